The van der Waals surface area contributed by atoms with Crippen LogP contribution in [0.1, 0.15) is 65.2 Å². The zero-order valence-corrected chi connectivity index (χ0v) is 11.5. The third kappa shape index (κ3) is 3.09. The van der Waals surface area contributed by atoms with Crippen molar-refractivity contribution in [2.75, 3.05) is 6.54 Å². The number of hydrogen-bond donors (Lipinski definition) is 0. The van der Waals surface area contributed by atoms with Gasteiger partial charge in [-0.05, 0) is 45.1 Å². The Hall–Kier alpha value is -0.370. The number of hydrogen-bond acceptors (Lipinski definition) is 2. The maximum Gasteiger partial charge on any atom is 0.131 e. The van der Waals surface area contributed by atoms with E-state index in [1.807, 2.05) is 0 Å². The van der Waals surface area contributed by atoms with Gasteiger partial charge in [0.25, 0.3) is 0 Å². The molecule has 3 unspecified atom stereocenters. The second-order valence-corrected chi connectivity index (χ2v) is 5.96. The largest absolute Gasteiger partial charge is 0.300 e. The molecule has 2 heteroatoms. The Morgan fingerprint density at radius 2 is 1.94 bits per heavy atom. The molecule has 2 fully saturated rings. The van der Waals surface area contributed by atoms with E-state index in [1.54, 1.807) is 6.92 Å². The first-order valence-electron chi connectivity index (χ1n) is 7.47. The highest BCUT2D eigenvalue weighted by molar-refractivity contribution is 5.76. The summed E-state index contributed by atoms with van der Waals surface area (Å²) < 4.78 is 0. The van der Waals surface area contributed by atoms with Crippen molar-refractivity contribution < 1.29 is 4.79 Å². The van der Waals surface area contributed by atoms with Gasteiger partial charge in [0.05, 0.1) is 0 Å². The molecule has 1 aliphatic carbocycles. The first kappa shape index (κ1) is 13.1. The van der Waals surface area contributed by atoms with E-state index in [9.17, 15) is 4.79 Å². The molecule has 0 bridgehead atoms. The third-order valence-electron chi connectivity index (χ3n) is 4.77. The van der Waals surface area contributed by atoms with Crippen molar-refractivity contribution in [3.8, 4) is 0 Å². The second-order valence-electron chi connectivity index (χ2n) is 5.96. The van der Waals surface area contributed by atoms with Gasteiger partial charge in [-0.15, -0.1) is 0 Å². The van der Waals surface area contributed by atoms with E-state index in [1.165, 1.54) is 51.5 Å². The lowest BCUT2D eigenvalue weighted by molar-refractivity contribution is -0.118. The van der Waals surface area contributed by atoms with Crippen molar-refractivity contribution in [2.45, 2.75) is 77.3 Å². The van der Waals surface area contributed by atoms with E-state index < -0.39 is 0 Å². The fourth-order valence-electron chi connectivity index (χ4n) is 3.95. The molecule has 17 heavy (non-hydrogen) atoms. The molecule has 1 aliphatic heterocycles. The van der Waals surface area contributed by atoms with Crippen molar-refractivity contribution in [3.63, 3.8) is 0 Å². The van der Waals surface area contributed by atoms with Crippen molar-refractivity contribution >= 4 is 5.78 Å². The topological polar surface area (TPSA) is 20.3 Å². The number of likely N-dealkylation sites (tertiary alicyclic amines) is 1. The van der Waals surface area contributed by atoms with Crippen LogP contribution >= 0.6 is 0 Å². The lowest BCUT2D eigenvalue weighted by Gasteiger charge is -2.40. The molecule has 1 saturated carbocycles. The molecule has 1 saturated heterocycles. The van der Waals surface area contributed by atoms with Gasteiger partial charge in [0.2, 0.25) is 0 Å². The molecule has 2 nitrogen and oxygen atoms in total. The summed E-state index contributed by atoms with van der Waals surface area (Å²) in [5, 5.41) is 0. The SMILES string of the molecule is CCC1CCCCC1N1CCCC1CC(C)=O. The molecule has 0 aromatic carbocycles. The number of ketones is 1. The second kappa shape index (κ2) is 5.99. The van der Waals surface area contributed by atoms with Gasteiger partial charge in [0.1, 0.15) is 5.78 Å². The van der Waals surface area contributed by atoms with Gasteiger partial charge in [-0.25, -0.2) is 0 Å². The molecule has 0 radical (unpaired) electrons. The Morgan fingerprint density at radius 3 is 2.65 bits per heavy atom. The normalized spacial score (nSPS) is 35.1. The highest BCUT2D eigenvalue weighted by Gasteiger charge is 2.35. The van der Waals surface area contributed by atoms with Crippen molar-refractivity contribution in [2.24, 2.45) is 5.92 Å². The summed E-state index contributed by atoms with van der Waals surface area (Å²) in [6.07, 6.45) is 10.2. The fraction of sp³-hybridized carbons (Fsp3) is 0.933. The molecule has 0 N–H and O–H groups in total. The van der Waals surface area contributed by atoms with Gasteiger partial charge in [0.15, 0.2) is 0 Å². The van der Waals surface area contributed by atoms with E-state index in [-0.39, 0.29) is 0 Å². The number of carbonyl (C=O) groups is 1. The molecule has 2 rings (SSSR count). The minimum atomic E-state index is 0.366. The number of rotatable bonds is 4. The standard InChI is InChI=1S/C15H27NO/c1-3-13-7-4-5-9-15(13)16-10-6-8-14(16)11-12(2)17/h13-15H,3-11H2,1-2H3. The average molecular weight is 237 g/mol. The predicted molar refractivity (Wildman–Crippen MR) is 71.1 cm³/mol. The summed E-state index contributed by atoms with van der Waals surface area (Å²) in [4.78, 5) is 14.0. The predicted octanol–water partition coefficient (Wildman–Crippen LogP) is 3.40. The fourth-order valence-corrected chi connectivity index (χ4v) is 3.95. The third-order valence-corrected chi connectivity index (χ3v) is 4.77. The lowest BCUT2D eigenvalue weighted by atomic mass is 9.81. The lowest BCUT2D eigenvalue weighted by Crippen LogP contribution is -2.45. The molecule has 0 aromatic heterocycles. The first-order valence-corrected chi connectivity index (χ1v) is 7.47. The van der Waals surface area contributed by atoms with Crippen LogP contribution in [-0.4, -0.2) is 29.3 Å². The summed E-state index contributed by atoms with van der Waals surface area (Å²) in [5.41, 5.74) is 0. The van der Waals surface area contributed by atoms with Crippen LogP contribution in [0, 0.1) is 5.92 Å². The van der Waals surface area contributed by atoms with Crippen LogP contribution in [0.5, 0.6) is 0 Å². The number of Topliss-reactive ketones (excluding diaryl/α,β-unsaturated/α-hetero) is 1. The van der Waals surface area contributed by atoms with Crippen LogP contribution in [-0.2, 0) is 4.79 Å². The smallest absolute Gasteiger partial charge is 0.131 e. The summed E-state index contributed by atoms with van der Waals surface area (Å²) >= 11 is 0. The number of carbonyl (C=O) groups excluding carboxylic acids is 1. The molecule has 0 amide bonds. The molecule has 0 aromatic rings. The van der Waals surface area contributed by atoms with E-state index in [2.05, 4.69) is 11.8 Å². The van der Waals surface area contributed by atoms with Crippen LogP contribution in [0.25, 0.3) is 0 Å². The van der Waals surface area contributed by atoms with Crippen molar-refractivity contribution in [1.82, 2.24) is 4.90 Å². The average Bonchev–Trinajstić information content (AvgIpc) is 2.76. The molecule has 0 spiro atoms. The molecule has 1 heterocycles. The van der Waals surface area contributed by atoms with Crippen LogP contribution < -0.4 is 0 Å². The summed E-state index contributed by atoms with van der Waals surface area (Å²) in [5.74, 6) is 1.25. The monoisotopic (exact) mass is 237 g/mol. The van der Waals surface area contributed by atoms with Crippen LogP contribution in [0.3, 0.4) is 0 Å². The van der Waals surface area contributed by atoms with E-state index >= 15 is 0 Å². The zero-order valence-electron chi connectivity index (χ0n) is 11.5. The van der Waals surface area contributed by atoms with Gasteiger partial charge in [0, 0.05) is 18.5 Å². The minimum absolute atomic E-state index is 0.366. The van der Waals surface area contributed by atoms with Gasteiger partial charge < -0.3 is 0 Å². The Balaban J connectivity index is 2.00. The van der Waals surface area contributed by atoms with Gasteiger partial charge in [-0.1, -0.05) is 26.2 Å². The first-order chi connectivity index (χ1) is 8.22. The highest BCUT2D eigenvalue weighted by Crippen LogP contribution is 2.35. The van der Waals surface area contributed by atoms with Gasteiger partial charge in [-0.3, -0.25) is 9.69 Å². The van der Waals surface area contributed by atoms with Crippen LogP contribution in [0.4, 0.5) is 0 Å². The molecular formula is C15H27NO. The quantitative estimate of drug-likeness (QED) is 0.747. The molecule has 98 valence electrons. The Labute approximate surface area is 106 Å². The maximum atomic E-state index is 11.4. The van der Waals surface area contributed by atoms with Crippen LogP contribution in [0.2, 0.25) is 0 Å². The van der Waals surface area contributed by atoms with Crippen molar-refractivity contribution in [1.29, 1.82) is 0 Å². The highest BCUT2D eigenvalue weighted by atomic mass is 16.1. The van der Waals surface area contributed by atoms with Crippen molar-refractivity contribution in [3.05, 3.63) is 0 Å². The Kier molecular flexibility index (Phi) is 4.61. The summed E-state index contributed by atoms with van der Waals surface area (Å²) in [6, 6.07) is 1.34. The summed E-state index contributed by atoms with van der Waals surface area (Å²) in [7, 11) is 0. The van der Waals surface area contributed by atoms with E-state index in [0.29, 0.717) is 11.8 Å². The van der Waals surface area contributed by atoms with E-state index in [4.69, 9.17) is 0 Å². The Morgan fingerprint density at radius 1 is 1.18 bits per heavy atom. The van der Waals surface area contributed by atoms with E-state index in [0.717, 1.165) is 18.4 Å². The minimum Gasteiger partial charge on any atom is -0.300 e. The molecule has 3 atom stereocenters. The summed E-state index contributed by atoms with van der Waals surface area (Å²) in [6.45, 7) is 5.31. The van der Waals surface area contributed by atoms with Crippen LogP contribution in [0.15, 0.2) is 0 Å². The molecular weight excluding hydrogens is 210 g/mol. The molecule has 2 aliphatic rings. The Bertz CT molecular complexity index is 264. The maximum absolute atomic E-state index is 11.4. The number of nitrogens with zero attached hydrogens (tertiary/aromatic N) is 1. The zero-order chi connectivity index (χ0) is 12.3. The van der Waals surface area contributed by atoms with Gasteiger partial charge >= 0.3 is 0 Å². The van der Waals surface area contributed by atoms with Gasteiger partial charge in [-0.2, -0.15) is 0 Å².